The Bertz CT molecular complexity index is 658. The van der Waals surface area contributed by atoms with Crippen molar-refractivity contribution in [3.63, 3.8) is 0 Å². The Kier molecular flexibility index (Phi) is 3.89. The van der Waals surface area contributed by atoms with Gasteiger partial charge in [0, 0.05) is 19.6 Å². The summed E-state index contributed by atoms with van der Waals surface area (Å²) in [5, 5.41) is 9.40. The van der Waals surface area contributed by atoms with E-state index in [0.29, 0.717) is 6.54 Å². The highest BCUT2D eigenvalue weighted by Gasteiger charge is 2.16. The zero-order valence-electron chi connectivity index (χ0n) is 12.0. The van der Waals surface area contributed by atoms with E-state index in [2.05, 4.69) is 35.2 Å². The maximum absolute atomic E-state index is 9.40. The van der Waals surface area contributed by atoms with Gasteiger partial charge in [-0.1, -0.05) is 30.3 Å². The van der Waals surface area contributed by atoms with E-state index < -0.39 is 0 Å². The van der Waals surface area contributed by atoms with Gasteiger partial charge < -0.3 is 10.6 Å². The van der Waals surface area contributed by atoms with Crippen LogP contribution in [0.4, 0.5) is 5.69 Å². The highest BCUT2D eigenvalue weighted by atomic mass is 15.1. The molecule has 21 heavy (non-hydrogen) atoms. The second kappa shape index (κ2) is 5.99. The molecular formula is C18H19N3. The smallest absolute Gasteiger partial charge is 0.101 e. The van der Waals surface area contributed by atoms with Gasteiger partial charge in [-0.25, -0.2) is 0 Å². The Morgan fingerprint density at radius 2 is 1.71 bits per heavy atom. The Labute approximate surface area is 125 Å². The van der Waals surface area contributed by atoms with E-state index in [1.807, 2.05) is 18.2 Å². The first-order chi connectivity index (χ1) is 10.3. The predicted octanol–water partition coefficient (Wildman–Crippen LogP) is 2.62. The third kappa shape index (κ3) is 2.76. The molecule has 3 heteroatoms. The SMILES string of the molecule is N#Cc1cc(CN)ccc1N1CCc2ccccc2CC1. The van der Waals surface area contributed by atoms with Crippen LogP contribution in [-0.2, 0) is 19.4 Å². The highest BCUT2D eigenvalue weighted by molar-refractivity contribution is 5.61. The van der Waals surface area contributed by atoms with Crippen LogP contribution in [0.1, 0.15) is 22.3 Å². The Hall–Kier alpha value is -2.31. The first kappa shape index (κ1) is 13.7. The fraction of sp³-hybridized carbons (Fsp3) is 0.278. The van der Waals surface area contributed by atoms with Crippen molar-refractivity contribution in [2.45, 2.75) is 19.4 Å². The van der Waals surface area contributed by atoms with E-state index >= 15 is 0 Å². The monoisotopic (exact) mass is 277 g/mol. The number of hydrogen-bond acceptors (Lipinski definition) is 3. The van der Waals surface area contributed by atoms with Crippen molar-refractivity contribution < 1.29 is 0 Å². The van der Waals surface area contributed by atoms with Gasteiger partial charge in [0.05, 0.1) is 11.3 Å². The molecule has 0 aliphatic carbocycles. The van der Waals surface area contributed by atoms with Crippen LogP contribution in [0.2, 0.25) is 0 Å². The summed E-state index contributed by atoms with van der Waals surface area (Å²) in [5.41, 5.74) is 11.3. The van der Waals surface area contributed by atoms with Gasteiger partial charge in [0.2, 0.25) is 0 Å². The number of nitrogens with two attached hydrogens (primary N) is 1. The van der Waals surface area contributed by atoms with Crippen LogP contribution in [0, 0.1) is 11.3 Å². The molecule has 3 rings (SSSR count). The molecule has 0 spiro atoms. The molecule has 2 aromatic rings. The fourth-order valence-electron chi connectivity index (χ4n) is 2.98. The van der Waals surface area contributed by atoms with E-state index in [9.17, 15) is 5.26 Å². The van der Waals surface area contributed by atoms with Crippen LogP contribution in [-0.4, -0.2) is 13.1 Å². The van der Waals surface area contributed by atoms with E-state index in [-0.39, 0.29) is 0 Å². The third-order valence-electron chi connectivity index (χ3n) is 4.18. The second-order valence-electron chi connectivity index (χ2n) is 5.42. The minimum atomic E-state index is 0.473. The van der Waals surface area contributed by atoms with Crippen LogP contribution in [0.3, 0.4) is 0 Å². The number of fused-ring (bicyclic) bond motifs is 1. The Morgan fingerprint density at radius 3 is 2.29 bits per heavy atom. The summed E-state index contributed by atoms with van der Waals surface area (Å²) in [6.07, 6.45) is 2.05. The van der Waals surface area contributed by atoms with Gasteiger partial charge in [0.25, 0.3) is 0 Å². The van der Waals surface area contributed by atoms with Gasteiger partial charge in [0.15, 0.2) is 0 Å². The molecule has 0 amide bonds. The molecule has 2 N–H and O–H groups in total. The van der Waals surface area contributed by atoms with Crippen LogP contribution >= 0.6 is 0 Å². The molecule has 1 heterocycles. The summed E-state index contributed by atoms with van der Waals surface area (Å²) in [6, 6.07) is 16.9. The van der Waals surface area contributed by atoms with Crippen LogP contribution < -0.4 is 10.6 Å². The van der Waals surface area contributed by atoms with Crippen molar-refractivity contribution in [3.8, 4) is 6.07 Å². The minimum Gasteiger partial charge on any atom is -0.370 e. The topological polar surface area (TPSA) is 53.1 Å². The molecular weight excluding hydrogens is 258 g/mol. The van der Waals surface area contributed by atoms with E-state index in [1.165, 1.54) is 11.1 Å². The highest BCUT2D eigenvalue weighted by Crippen LogP contribution is 2.25. The fourth-order valence-corrected chi connectivity index (χ4v) is 2.98. The molecule has 0 atom stereocenters. The van der Waals surface area contributed by atoms with Gasteiger partial charge in [0.1, 0.15) is 6.07 Å². The average molecular weight is 277 g/mol. The molecule has 106 valence electrons. The molecule has 0 aromatic heterocycles. The van der Waals surface area contributed by atoms with Crippen molar-refractivity contribution in [2.75, 3.05) is 18.0 Å². The normalized spacial score (nSPS) is 14.2. The summed E-state index contributed by atoms with van der Waals surface area (Å²) < 4.78 is 0. The lowest BCUT2D eigenvalue weighted by atomic mass is 10.0. The van der Waals surface area contributed by atoms with Crippen LogP contribution in [0.5, 0.6) is 0 Å². The van der Waals surface area contributed by atoms with Crippen LogP contribution in [0.15, 0.2) is 42.5 Å². The van der Waals surface area contributed by atoms with Gasteiger partial charge in [-0.15, -0.1) is 0 Å². The summed E-state index contributed by atoms with van der Waals surface area (Å²) in [6.45, 7) is 2.38. The van der Waals surface area contributed by atoms with Gasteiger partial charge in [-0.05, 0) is 41.7 Å². The van der Waals surface area contributed by atoms with E-state index in [1.54, 1.807) is 0 Å². The lowest BCUT2D eigenvalue weighted by Gasteiger charge is -2.24. The molecule has 0 saturated carbocycles. The van der Waals surface area contributed by atoms with Crippen LogP contribution in [0.25, 0.3) is 0 Å². The van der Waals surface area contributed by atoms with Gasteiger partial charge in [-0.3, -0.25) is 0 Å². The standard InChI is InChI=1S/C18H19N3/c19-12-14-5-6-18(17(11-14)13-20)21-9-7-15-3-1-2-4-16(15)8-10-21/h1-6,11H,7-10,12,19H2. The number of nitrogens with zero attached hydrogens (tertiary/aromatic N) is 2. The zero-order valence-corrected chi connectivity index (χ0v) is 12.0. The molecule has 1 aliphatic rings. The number of anilines is 1. The number of nitriles is 1. The molecule has 0 bridgehead atoms. The summed E-state index contributed by atoms with van der Waals surface area (Å²) in [4.78, 5) is 2.32. The minimum absolute atomic E-state index is 0.473. The first-order valence-corrected chi connectivity index (χ1v) is 7.36. The maximum Gasteiger partial charge on any atom is 0.101 e. The second-order valence-corrected chi connectivity index (χ2v) is 5.42. The van der Waals surface area contributed by atoms with Gasteiger partial charge >= 0.3 is 0 Å². The van der Waals surface area contributed by atoms with Crippen molar-refractivity contribution in [3.05, 3.63) is 64.7 Å². The predicted molar refractivity (Wildman–Crippen MR) is 85.1 cm³/mol. The summed E-state index contributed by atoms with van der Waals surface area (Å²) in [5.74, 6) is 0. The summed E-state index contributed by atoms with van der Waals surface area (Å²) in [7, 11) is 0. The zero-order chi connectivity index (χ0) is 14.7. The largest absolute Gasteiger partial charge is 0.370 e. The lowest BCUT2D eigenvalue weighted by Crippen LogP contribution is -2.26. The molecule has 2 aromatic carbocycles. The Balaban J connectivity index is 1.88. The van der Waals surface area contributed by atoms with E-state index in [0.717, 1.165) is 42.7 Å². The van der Waals surface area contributed by atoms with E-state index in [4.69, 9.17) is 5.73 Å². The first-order valence-electron chi connectivity index (χ1n) is 7.36. The third-order valence-corrected chi connectivity index (χ3v) is 4.18. The number of benzene rings is 2. The van der Waals surface area contributed by atoms with Crippen molar-refractivity contribution in [1.82, 2.24) is 0 Å². The summed E-state index contributed by atoms with van der Waals surface area (Å²) >= 11 is 0. The maximum atomic E-state index is 9.40. The van der Waals surface area contributed by atoms with Crippen molar-refractivity contribution in [1.29, 1.82) is 5.26 Å². The molecule has 1 aliphatic heterocycles. The van der Waals surface area contributed by atoms with Gasteiger partial charge in [-0.2, -0.15) is 5.26 Å². The molecule has 0 saturated heterocycles. The Morgan fingerprint density at radius 1 is 1.05 bits per heavy atom. The molecule has 0 fully saturated rings. The average Bonchev–Trinajstić information content (AvgIpc) is 2.77. The number of rotatable bonds is 2. The van der Waals surface area contributed by atoms with Crippen molar-refractivity contribution in [2.24, 2.45) is 5.73 Å². The lowest BCUT2D eigenvalue weighted by molar-refractivity contribution is 0.804. The van der Waals surface area contributed by atoms with Crippen molar-refractivity contribution >= 4 is 5.69 Å². The molecule has 0 unspecified atom stereocenters. The molecule has 0 radical (unpaired) electrons. The number of hydrogen-bond donors (Lipinski definition) is 1. The quantitative estimate of drug-likeness (QED) is 0.918. The molecule has 3 nitrogen and oxygen atoms in total.